The van der Waals surface area contributed by atoms with E-state index in [-0.39, 0.29) is 43.4 Å². The number of fused-ring (bicyclic) bond motifs is 1. The number of carbonyl (C=O) groups excluding carboxylic acids is 5. The number of imide groups is 1. The smallest absolute Gasteiger partial charge is 0.326 e. The van der Waals surface area contributed by atoms with Crippen molar-refractivity contribution in [3.63, 3.8) is 0 Å². The van der Waals surface area contributed by atoms with Gasteiger partial charge in [0.2, 0.25) is 11.8 Å². The van der Waals surface area contributed by atoms with Crippen LogP contribution in [0.15, 0.2) is 12.2 Å². The Bertz CT molecular complexity index is 893. The Balaban J connectivity index is 1.21. The molecule has 0 bridgehead atoms. The van der Waals surface area contributed by atoms with Gasteiger partial charge in [-0.1, -0.05) is 6.42 Å². The molecule has 0 spiro atoms. The molecular formula is C23H33N5O7S. The number of hydrogen-bond acceptors (Lipinski definition) is 7. The molecule has 4 atom stereocenters. The van der Waals surface area contributed by atoms with Crippen molar-refractivity contribution >= 4 is 47.4 Å². The first kappa shape index (κ1) is 27.5. The van der Waals surface area contributed by atoms with Crippen molar-refractivity contribution in [2.75, 3.05) is 18.8 Å². The van der Waals surface area contributed by atoms with Gasteiger partial charge >= 0.3 is 12.0 Å². The van der Waals surface area contributed by atoms with Crippen LogP contribution in [0.4, 0.5) is 4.79 Å². The van der Waals surface area contributed by atoms with Gasteiger partial charge in [-0.05, 0) is 32.1 Å². The fourth-order valence-corrected chi connectivity index (χ4v) is 6.00. The van der Waals surface area contributed by atoms with E-state index in [0.717, 1.165) is 42.1 Å². The van der Waals surface area contributed by atoms with E-state index >= 15 is 0 Å². The lowest BCUT2D eigenvalue weighted by Crippen LogP contribution is -2.42. The Morgan fingerprint density at radius 3 is 2.50 bits per heavy atom. The largest absolute Gasteiger partial charge is 0.480 e. The van der Waals surface area contributed by atoms with Gasteiger partial charge in [-0.25, -0.2) is 9.59 Å². The quantitative estimate of drug-likeness (QED) is 0.112. The first-order chi connectivity index (χ1) is 17.2. The molecule has 0 radical (unpaired) electrons. The van der Waals surface area contributed by atoms with E-state index in [4.69, 9.17) is 0 Å². The average Bonchev–Trinajstić information content (AvgIpc) is 3.48. The predicted octanol–water partition coefficient (Wildman–Crippen LogP) is -0.117. The second-order valence-corrected chi connectivity index (χ2v) is 10.4. The molecule has 0 aromatic rings. The van der Waals surface area contributed by atoms with Crippen LogP contribution in [0.2, 0.25) is 0 Å². The van der Waals surface area contributed by atoms with Gasteiger partial charge in [0.1, 0.15) is 6.04 Å². The highest BCUT2D eigenvalue weighted by atomic mass is 32.2. The van der Waals surface area contributed by atoms with Crippen molar-refractivity contribution in [1.29, 1.82) is 0 Å². The second kappa shape index (κ2) is 13.3. The molecule has 0 aromatic carbocycles. The summed E-state index contributed by atoms with van der Waals surface area (Å²) in [6, 6.07) is -0.804. The zero-order chi connectivity index (χ0) is 26.1. The van der Waals surface area contributed by atoms with Crippen molar-refractivity contribution in [2.24, 2.45) is 0 Å². The highest BCUT2D eigenvalue weighted by Gasteiger charge is 2.42. The lowest BCUT2D eigenvalue weighted by atomic mass is 10.0. The number of thioether (sulfide) groups is 1. The van der Waals surface area contributed by atoms with Crippen molar-refractivity contribution in [2.45, 2.75) is 74.7 Å². The van der Waals surface area contributed by atoms with Gasteiger partial charge < -0.3 is 26.4 Å². The zero-order valence-corrected chi connectivity index (χ0v) is 20.8. The van der Waals surface area contributed by atoms with E-state index in [1.54, 1.807) is 0 Å². The number of unbranched alkanes of at least 4 members (excludes halogenated alkanes) is 2. The van der Waals surface area contributed by atoms with Crippen LogP contribution >= 0.6 is 11.8 Å². The van der Waals surface area contributed by atoms with Crippen molar-refractivity contribution in [3.05, 3.63) is 12.2 Å². The summed E-state index contributed by atoms with van der Waals surface area (Å²) in [5.41, 5.74) is 0. The molecule has 3 aliphatic rings. The third-order valence-corrected chi connectivity index (χ3v) is 7.93. The molecule has 36 heavy (non-hydrogen) atoms. The minimum absolute atomic E-state index is 0.0497. The summed E-state index contributed by atoms with van der Waals surface area (Å²) in [6.45, 7) is 0.314. The first-order valence-electron chi connectivity index (χ1n) is 12.3. The summed E-state index contributed by atoms with van der Waals surface area (Å²) in [5, 5.41) is 20.9. The number of rotatable bonds is 15. The highest BCUT2D eigenvalue weighted by molar-refractivity contribution is 8.00. The summed E-state index contributed by atoms with van der Waals surface area (Å²) in [5.74, 6) is -1.84. The summed E-state index contributed by atoms with van der Waals surface area (Å²) in [4.78, 5) is 70.9. The third-order valence-electron chi connectivity index (χ3n) is 6.42. The molecule has 0 aliphatic carbocycles. The minimum Gasteiger partial charge on any atom is -0.480 e. The van der Waals surface area contributed by atoms with Crippen LogP contribution in [-0.2, 0) is 24.0 Å². The molecule has 12 nitrogen and oxygen atoms in total. The first-order valence-corrected chi connectivity index (χ1v) is 13.3. The molecule has 0 aromatic heterocycles. The van der Waals surface area contributed by atoms with Gasteiger partial charge in [0.05, 0.1) is 12.1 Å². The van der Waals surface area contributed by atoms with E-state index in [2.05, 4.69) is 21.3 Å². The number of carboxylic acids is 1. The van der Waals surface area contributed by atoms with Crippen LogP contribution in [0.1, 0.15) is 51.4 Å². The molecule has 2 unspecified atom stereocenters. The number of carboxylic acid groups (broad SMARTS) is 1. The normalized spacial score (nSPS) is 23.3. The van der Waals surface area contributed by atoms with Crippen molar-refractivity contribution in [1.82, 2.24) is 26.2 Å². The zero-order valence-electron chi connectivity index (χ0n) is 20.0. The van der Waals surface area contributed by atoms with Gasteiger partial charge in [-0.15, -0.1) is 0 Å². The number of nitrogens with zero attached hydrogens (tertiary/aromatic N) is 1. The lowest BCUT2D eigenvalue weighted by Gasteiger charge is -2.17. The topological polar surface area (TPSA) is 174 Å². The molecule has 2 saturated heterocycles. The Morgan fingerprint density at radius 1 is 1.03 bits per heavy atom. The average molecular weight is 524 g/mol. The summed E-state index contributed by atoms with van der Waals surface area (Å²) in [6.07, 6.45) is 6.37. The lowest BCUT2D eigenvalue weighted by molar-refractivity contribution is -0.143. The molecule has 0 saturated carbocycles. The number of aliphatic carboxylic acids is 1. The number of amides is 6. The fraction of sp³-hybridized carbons (Fsp3) is 0.652. The van der Waals surface area contributed by atoms with Crippen molar-refractivity contribution in [3.8, 4) is 0 Å². The molecule has 3 rings (SSSR count). The highest BCUT2D eigenvalue weighted by Crippen LogP contribution is 2.33. The SMILES string of the molecule is O=C(CCCC[C@H]1SCC2NC(=O)NC21)NCCCC[C@@H](NC(=O)CCN1C(=O)C=CC1=O)C(=O)O. The monoisotopic (exact) mass is 523 g/mol. The van der Waals surface area contributed by atoms with Crippen LogP contribution in [-0.4, -0.2) is 87.9 Å². The Labute approximate surface area is 213 Å². The molecule has 5 N–H and O–H groups in total. The molecule has 6 amide bonds. The maximum atomic E-state index is 12.1. The summed E-state index contributed by atoms with van der Waals surface area (Å²) >= 11 is 1.85. The van der Waals surface area contributed by atoms with E-state index in [1.165, 1.54) is 0 Å². The van der Waals surface area contributed by atoms with E-state index in [1.807, 2.05) is 11.8 Å². The van der Waals surface area contributed by atoms with Gasteiger partial charge in [0.25, 0.3) is 11.8 Å². The van der Waals surface area contributed by atoms with Gasteiger partial charge in [-0.2, -0.15) is 11.8 Å². The third kappa shape index (κ3) is 7.97. The van der Waals surface area contributed by atoms with Crippen LogP contribution in [0.3, 0.4) is 0 Å². The number of nitrogens with one attached hydrogen (secondary N) is 4. The summed E-state index contributed by atoms with van der Waals surface area (Å²) in [7, 11) is 0. The second-order valence-electron chi connectivity index (χ2n) is 9.08. The predicted molar refractivity (Wildman–Crippen MR) is 131 cm³/mol. The van der Waals surface area contributed by atoms with Crippen LogP contribution in [0.25, 0.3) is 0 Å². The number of urea groups is 1. The van der Waals surface area contributed by atoms with Gasteiger partial charge in [0, 0.05) is 49.1 Å². The van der Waals surface area contributed by atoms with E-state index < -0.39 is 29.7 Å². The maximum absolute atomic E-state index is 12.1. The molecule has 2 fully saturated rings. The molecule has 3 aliphatic heterocycles. The number of carbonyl (C=O) groups is 6. The van der Waals surface area contributed by atoms with Gasteiger partial charge in [-0.3, -0.25) is 24.1 Å². The molecular weight excluding hydrogens is 490 g/mol. The standard InChI is InChI=1S/C23H33N5O7S/c29-17(7-2-1-6-16-21-15(13-36-16)26-23(35)27-21)24-11-4-3-5-14(22(33)34)25-18(30)10-12-28-19(31)8-9-20(28)32/h8-9,14-16,21H,1-7,10-13H2,(H,24,29)(H,25,30)(H,33,34)(H2,26,27,35)/t14-,15?,16-,21?/m1/s1. The molecule has 198 valence electrons. The fourth-order valence-electron chi connectivity index (χ4n) is 4.45. The van der Waals surface area contributed by atoms with Crippen LogP contribution in [0.5, 0.6) is 0 Å². The Hall–Kier alpha value is -3.09. The van der Waals surface area contributed by atoms with Crippen molar-refractivity contribution < 1.29 is 33.9 Å². The maximum Gasteiger partial charge on any atom is 0.326 e. The molecule has 3 heterocycles. The summed E-state index contributed by atoms with van der Waals surface area (Å²) < 4.78 is 0. The number of hydrogen-bond donors (Lipinski definition) is 5. The van der Waals surface area contributed by atoms with E-state index in [9.17, 15) is 33.9 Å². The Morgan fingerprint density at radius 2 is 1.78 bits per heavy atom. The van der Waals surface area contributed by atoms with Crippen LogP contribution < -0.4 is 21.3 Å². The van der Waals surface area contributed by atoms with Gasteiger partial charge in [0.15, 0.2) is 0 Å². The Kier molecular flexibility index (Phi) is 10.1. The minimum atomic E-state index is -1.16. The van der Waals surface area contributed by atoms with E-state index in [0.29, 0.717) is 31.1 Å². The van der Waals surface area contributed by atoms with Crippen LogP contribution in [0, 0.1) is 0 Å². The molecule has 13 heteroatoms.